The molecular weight excluding hydrogens is 397 g/mol. The van der Waals surface area contributed by atoms with Gasteiger partial charge in [-0.05, 0) is 36.5 Å². The van der Waals surface area contributed by atoms with Gasteiger partial charge < -0.3 is 10.2 Å². The van der Waals surface area contributed by atoms with E-state index < -0.39 is 15.8 Å². The second-order valence-corrected chi connectivity index (χ2v) is 8.43. The van der Waals surface area contributed by atoms with Crippen LogP contribution in [0.1, 0.15) is 0 Å². The number of sulfonamides is 1. The largest absolute Gasteiger partial charge is 0.346 e. The minimum atomic E-state index is -3.66. The molecule has 0 unspecified atom stereocenters. The molecule has 0 aliphatic carbocycles. The average molecular weight is 414 g/mol. The van der Waals surface area contributed by atoms with Gasteiger partial charge in [0.05, 0.1) is 10.7 Å². The fraction of sp³-hybridized carbons (Fsp3) is 0.235. The van der Waals surface area contributed by atoms with E-state index in [1.54, 1.807) is 36.4 Å². The summed E-state index contributed by atoms with van der Waals surface area (Å²) in [6, 6.07) is 12.6. The fourth-order valence-electron chi connectivity index (χ4n) is 2.68. The zero-order valence-electron chi connectivity index (χ0n) is 13.7. The SMILES string of the molecule is O=S(=O)(c1ccccc1Cl)N1CCN(C(=S)Nc2ccccc2F)CC1. The molecule has 0 spiro atoms. The average Bonchev–Trinajstić information content (AvgIpc) is 2.64. The lowest BCUT2D eigenvalue weighted by atomic mass is 10.3. The van der Waals surface area contributed by atoms with Gasteiger partial charge in [-0.1, -0.05) is 35.9 Å². The minimum Gasteiger partial charge on any atom is -0.346 e. The van der Waals surface area contributed by atoms with Gasteiger partial charge in [0.2, 0.25) is 10.0 Å². The number of nitrogens with one attached hydrogen (secondary N) is 1. The van der Waals surface area contributed by atoms with Crippen molar-refractivity contribution >= 4 is 44.6 Å². The van der Waals surface area contributed by atoms with Crippen LogP contribution in [0.4, 0.5) is 10.1 Å². The molecule has 0 saturated carbocycles. The van der Waals surface area contributed by atoms with Crippen LogP contribution in [0.3, 0.4) is 0 Å². The first-order valence-electron chi connectivity index (χ1n) is 7.95. The Balaban J connectivity index is 1.65. The third-order valence-corrected chi connectivity index (χ3v) is 6.85. The molecule has 0 bridgehead atoms. The number of hydrogen-bond donors (Lipinski definition) is 1. The van der Waals surface area contributed by atoms with E-state index in [0.29, 0.717) is 23.9 Å². The van der Waals surface area contributed by atoms with E-state index in [2.05, 4.69) is 5.32 Å². The highest BCUT2D eigenvalue weighted by Crippen LogP contribution is 2.25. The third kappa shape index (κ3) is 3.98. The smallest absolute Gasteiger partial charge is 0.244 e. The van der Waals surface area contributed by atoms with Crippen LogP contribution in [0.25, 0.3) is 0 Å². The first kappa shape index (κ1) is 19.0. The van der Waals surface area contributed by atoms with Gasteiger partial charge in [0.1, 0.15) is 10.7 Å². The van der Waals surface area contributed by atoms with E-state index in [9.17, 15) is 12.8 Å². The molecule has 1 saturated heterocycles. The highest BCUT2D eigenvalue weighted by molar-refractivity contribution is 7.89. The quantitative estimate of drug-likeness (QED) is 0.783. The van der Waals surface area contributed by atoms with Crippen molar-refractivity contribution in [2.75, 3.05) is 31.5 Å². The molecule has 5 nitrogen and oxygen atoms in total. The van der Waals surface area contributed by atoms with Gasteiger partial charge in [-0.25, -0.2) is 12.8 Å². The Labute approximate surface area is 162 Å². The first-order valence-corrected chi connectivity index (χ1v) is 10.2. The molecule has 0 amide bonds. The Kier molecular flexibility index (Phi) is 5.76. The van der Waals surface area contributed by atoms with Crippen molar-refractivity contribution in [2.45, 2.75) is 4.90 Å². The monoisotopic (exact) mass is 413 g/mol. The highest BCUT2D eigenvalue weighted by Gasteiger charge is 2.30. The predicted octanol–water partition coefficient (Wildman–Crippen LogP) is 3.18. The number of thiocarbonyl (C=S) groups is 1. The molecule has 0 radical (unpaired) electrons. The lowest BCUT2D eigenvalue weighted by molar-refractivity contribution is 0.268. The van der Waals surface area contributed by atoms with E-state index in [4.69, 9.17) is 23.8 Å². The summed E-state index contributed by atoms with van der Waals surface area (Å²) in [5, 5.41) is 3.43. The summed E-state index contributed by atoms with van der Waals surface area (Å²) in [6.07, 6.45) is 0. The Morgan fingerprint density at radius 3 is 2.31 bits per heavy atom. The van der Waals surface area contributed by atoms with Crippen LogP contribution >= 0.6 is 23.8 Å². The molecule has 9 heteroatoms. The Bertz CT molecular complexity index is 916. The zero-order valence-corrected chi connectivity index (χ0v) is 16.1. The van der Waals surface area contributed by atoms with E-state index in [0.717, 1.165) is 0 Å². The molecule has 0 aromatic heterocycles. The van der Waals surface area contributed by atoms with Crippen LogP contribution in [0.5, 0.6) is 0 Å². The van der Waals surface area contributed by atoms with Crippen molar-refractivity contribution in [1.29, 1.82) is 0 Å². The van der Waals surface area contributed by atoms with Crippen LogP contribution in [0, 0.1) is 5.82 Å². The zero-order chi connectivity index (χ0) is 18.7. The molecule has 2 aromatic carbocycles. The van der Waals surface area contributed by atoms with Crippen molar-refractivity contribution in [3.63, 3.8) is 0 Å². The number of nitrogens with zero attached hydrogens (tertiary/aromatic N) is 2. The second kappa shape index (κ2) is 7.87. The number of benzene rings is 2. The number of halogens is 2. The number of hydrogen-bond acceptors (Lipinski definition) is 3. The topological polar surface area (TPSA) is 52.7 Å². The Morgan fingerprint density at radius 1 is 1.04 bits per heavy atom. The van der Waals surface area contributed by atoms with Crippen molar-refractivity contribution in [1.82, 2.24) is 9.21 Å². The molecule has 1 fully saturated rings. The second-order valence-electron chi connectivity index (χ2n) is 5.73. The first-order chi connectivity index (χ1) is 12.4. The minimum absolute atomic E-state index is 0.0992. The highest BCUT2D eigenvalue weighted by atomic mass is 35.5. The van der Waals surface area contributed by atoms with E-state index in [-0.39, 0.29) is 23.0 Å². The standard InChI is InChI=1S/C17H17ClFN3O2S2/c18-13-5-1-4-8-16(13)26(23,24)22-11-9-21(10-12-22)17(25)20-15-7-3-2-6-14(15)19/h1-8H,9-12H2,(H,20,25). The molecule has 1 heterocycles. The van der Waals surface area contributed by atoms with Gasteiger partial charge in [0, 0.05) is 26.2 Å². The summed E-state index contributed by atoms with van der Waals surface area (Å²) < 4.78 is 40.6. The van der Waals surface area contributed by atoms with Crippen LogP contribution in [0.15, 0.2) is 53.4 Å². The van der Waals surface area contributed by atoms with Gasteiger partial charge in [-0.3, -0.25) is 0 Å². The number of para-hydroxylation sites is 1. The lowest BCUT2D eigenvalue weighted by Gasteiger charge is -2.35. The van der Waals surface area contributed by atoms with Crippen molar-refractivity contribution in [3.05, 3.63) is 59.4 Å². The molecule has 0 atom stereocenters. The number of piperazine rings is 1. The maximum atomic E-state index is 13.7. The van der Waals surface area contributed by atoms with Gasteiger partial charge in [0.15, 0.2) is 5.11 Å². The Hall–Kier alpha value is -1.74. The van der Waals surface area contributed by atoms with Crippen LogP contribution < -0.4 is 5.32 Å². The summed E-state index contributed by atoms with van der Waals surface area (Å²) in [4.78, 5) is 1.92. The molecule has 1 N–H and O–H groups in total. The van der Waals surface area contributed by atoms with Crippen LogP contribution in [0.2, 0.25) is 5.02 Å². The van der Waals surface area contributed by atoms with E-state index in [1.807, 2.05) is 4.90 Å². The van der Waals surface area contributed by atoms with Gasteiger partial charge >= 0.3 is 0 Å². The predicted molar refractivity (Wildman–Crippen MR) is 104 cm³/mol. The third-order valence-electron chi connectivity index (χ3n) is 4.10. The molecule has 26 heavy (non-hydrogen) atoms. The summed E-state index contributed by atoms with van der Waals surface area (Å²) in [5.41, 5.74) is 0.295. The molecule has 1 aliphatic heterocycles. The van der Waals surface area contributed by atoms with Crippen LogP contribution in [-0.2, 0) is 10.0 Å². The Morgan fingerprint density at radius 2 is 1.65 bits per heavy atom. The normalized spacial score (nSPS) is 15.7. The van der Waals surface area contributed by atoms with Crippen molar-refractivity contribution in [2.24, 2.45) is 0 Å². The van der Waals surface area contributed by atoms with E-state index >= 15 is 0 Å². The van der Waals surface area contributed by atoms with Crippen molar-refractivity contribution < 1.29 is 12.8 Å². The maximum Gasteiger partial charge on any atom is 0.244 e. The maximum absolute atomic E-state index is 13.7. The molecule has 138 valence electrons. The lowest BCUT2D eigenvalue weighted by Crippen LogP contribution is -2.51. The van der Waals surface area contributed by atoms with Crippen LogP contribution in [-0.4, -0.2) is 48.9 Å². The van der Waals surface area contributed by atoms with Gasteiger partial charge in [0.25, 0.3) is 0 Å². The summed E-state index contributed by atoms with van der Waals surface area (Å²) in [7, 11) is -3.66. The number of rotatable bonds is 3. The summed E-state index contributed by atoms with van der Waals surface area (Å²) in [5.74, 6) is -0.394. The molecular formula is C17H17ClFN3O2S2. The van der Waals surface area contributed by atoms with Gasteiger partial charge in [-0.15, -0.1) is 0 Å². The van der Waals surface area contributed by atoms with E-state index in [1.165, 1.54) is 16.4 Å². The molecule has 1 aliphatic rings. The summed E-state index contributed by atoms with van der Waals surface area (Å²) in [6.45, 7) is 1.35. The summed E-state index contributed by atoms with van der Waals surface area (Å²) >= 11 is 11.4. The number of anilines is 1. The van der Waals surface area contributed by atoms with Gasteiger partial charge in [-0.2, -0.15) is 4.31 Å². The molecule has 2 aromatic rings. The fourth-order valence-corrected chi connectivity index (χ4v) is 4.89. The van der Waals surface area contributed by atoms with Crippen molar-refractivity contribution in [3.8, 4) is 0 Å². The molecule has 3 rings (SSSR count).